The average molecular weight is 275 g/mol. The SMILES string of the molecule is CCN(CCOc1cnc(-c2ccco2)nc1)C(C)=O. The molecule has 2 heterocycles. The summed E-state index contributed by atoms with van der Waals surface area (Å²) >= 11 is 0. The molecule has 6 nitrogen and oxygen atoms in total. The van der Waals surface area contributed by atoms with E-state index in [1.54, 1.807) is 42.6 Å². The molecule has 0 aliphatic heterocycles. The normalized spacial score (nSPS) is 10.3. The topological polar surface area (TPSA) is 68.5 Å². The van der Waals surface area contributed by atoms with E-state index in [0.717, 1.165) is 0 Å². The summed E-state index contributed by atoms with van der Waals surface area (Å²) in [7, 11) is 0. The number of amides is 1. The van der Waals surface area contributed by atoms with E-state index in [4.69, 9.17) is 9.15 Å². The van der Waals surface area contributed by atoms with Crippen molar-refractivity contribution in [3.05, 3.63) is 30.8 Å². The molecule has 0 fully saturated rings. The van der Waals surface area contributed by atoms with Gasteiger partial charge in [0.2, 0.25) is 5.91 Å². The summed E-state index contributed by atoms with van der Waals surface area (Å²) in [5, 5.41) is 0. The largest absolute Gasteiger partial charge is 0.489 e. The number of rotatable bonds is 6. The molecule has 2 aromatic rings. The third-order valence-electron chi connectivity index (χ3n) is 2.83. The quantitative estimate of drug-likeness (QED) is 0.806. The zero-order valence-electron chi connectivity index (χ0n) is 11.6. The van der Waals surface area contributed by atoms with Gasteiger partial charge in [-0.1, -0.05) is 0 Å². The van der Waals surface area contributed by atoms with Gasteiger partial charge < -0.3 is 14.1 Å². The molecular weight excluding hydrogens is 258 g/mol. The van der Waals surface area contributed by atoms with E-state index < -0.39 is 0 Å². The van der Waals surface area contributed by atoms with Crippen LogP contribution in [0.2, 0.25) is 0 Å². The van der Waals surface area contributed by atoms with Gasteiger partial charge in [-0.2, -0.15) is 0 Å². The van der Waals surface area contributed by atoms with Crippen LogP contribution in [0.3, 0.4) is 0 Å². The van der Waals surface area contributed by atoms with Gasteiger partial charge in [-0.3, -0.25) is 4.79 Å². The van der Waals surface area contributed by atoms with Crippen LogP contribution in [0.5, 0.6) is 5.75 Å². The van der Waals surface area contributed by atoms with Crippen LogP contribution in [0.15, 0.2) is 35.2 Å². The van der Waals surface area contributed by atoms with Gasteiger partial charge >= 0.3 is 0 Å². The minimum absolute atomic E-state index is 0.0421. The fraction of sp³-hybridized carbons (Fsp3) is 0.357. The predicted octanol–water partition coefficient (Wildman–Crippen LogP) is 1.98. The van der Waals surface area contributed by atoms with Crippen molar-refractivity contribution in [2.75, 3.05) is 19.7 Å². The lowest BCUT2D eigenvalue weighted by molar-refractivity contribution is -0.129. The molecule has 0 aliphatic rings. The number of nitrogens with zero attached hydrogens (tertiary/aromatic N) is 3. The Bertz CT molecular complexity index is 537. The highest BCUT2D eigenvalue weighted by molar-refractivity contribution is 5.73. The smallest absolute Gasteiger partial charge is 0.219 e. The van der Waals surface area contributed by atoms with Crippen LogP contribution in [-0.2, 0) is 4.79 Å². The van der Waals surface area contributed by atoms with Gasteiger partial charge in [0.25, 0.3) is 0 Å². The summed E-state index contributed by atoms with van der Waals surface area (Å²) in [5.74, 6) is 1.74. The summed E-state index contributed by atoms with van der Waals surface area (Å²) in [4.78, 5) is 21.3. The molecule has 1 amide bonds. The Kier molecular flexibility index (Phi) is 4.70. The maximum absolute atomic E-state index is 11.2. The van der Waals surface area contributed by atoms with Gasteiger partial charge in [0.15, 0.2) is 17.3 Å². The van der Waals surface area contributed by atoms with E-state index in [1.165, 1.54) is 0 Å². The Labute approximate surface area is 117 Å². The zero-order valence-corrected chi connectivity index (χ0v) is 11.6. The van der Waals surface area contributed by atoms with Gasteiger partial charge in [-0.05, 0) is 19.1 Å². The highest BCUT2D eigenvalue weighted by atomic mass is 16.5. The van der Waals surface area contributed by atoms with Crippen molar-refractivity contribution in [3.8, 4) is 17.3 Å². The maximum atomic E-state index is 11.2. The lowest BCUT2D eigenvalue weighted by Gasteiger charge is -2.18. The van der Waals surface area contributed by atoms with Crippen LogP contribution in [0, 0.1) is 0 Å². The van der Waals surface area contributed by atoms with Gasteiger partial charge in [0, 0.05) is 13.5 Å². The molecule has 0 bridgehead atoms. The van der Waals surface area contributed by atoms with Gasteiger partial charge in [-0.25, -0.2) is 9.97 Å². The van der Waals surface area contributed by atoms with Crippen LogP contribution >= 0.6 is 0 Å². The molecule has 6 heteroatoms. The number of ether oxygens (including phenoxy) is 1. The summed E-state index contributed by atoms with van der Waals surface area (Å²) in [6.07, 6.45) is 4.76. The molecule has 0 atom stereocenters. The third kappa shape index (κ3) is 3.57. The van der Waals surface area contributed by atoms with E-state index in [-0.39, 0.29) is 5.91 Å². The molecule has 0 saturated carbocycles. The number of carbonyl (C=O) groups is 1. The van der Waals surface area contributed by atoms with Crippen LogP contribution in [0.4, 0.5) is 0 Å². The average Bonchev–Trinajstić information content (AvgIpc) is 2.98. The Balaban J connectivity index is 1.87. The Morgan fingerprint density at radius 3 is 2.70 bits per heavy atom. The molecule has 0 aliphatic carbocycles. The Morgan fingerprint density at radius 1 is 1.40 bits per heavy atom. The van der Waals surface area contributed by atoms with Gasteiger partial charge in [0.05, 0.1) is 25.2 Å². The van der Waals surface area contributed by atoms with Crippen molar-refractivity contribution >= 4 is 5.91 Å². The Hall–Kier alpha value is -2.37. The second kappa shape index (κ2) is 6.70. The number of furan rings is 1. The van der Waals surface area contributed by atoms with E-state index in [1.807, 2.05) is 6.92 Å². The molecule has 20 heavy (non-hydrogen) atoms. The molecule has 0 spiro atoms. The maximum Gasteiger partial charge on any atom is 0.219 e. The molecule has 0 unspecified atom stereocenters. The fourth-order valence-electron chi connectivity index (χ4n) is 1.74. The van der Waals surface area contributed by atoms with Crippen molar-refractivity contribution in [2.24, 2.45) is 0 Å². The van der Waals surface area contributed by atoms with Gasteiger partial charge in [0.1, 0.15) is 6.61 Å². The molecular formula is C14H17N3O3. The highest BCUT2D eigenvalue weighted by Crippen LogP contribution is 2.16. The molecule has 0 saturated heterocycles. The first kappa shape index (κ1) is 14.0. The monoisotopic (exact) mass is 275 g/mol. The second-order valence-electron chi connectivity index (χ2n) is 4.17. The van der Waals surface area contributed by atoms with Crippen molar-refractivity contribution in [3.63, 3.8) is 0 Å². The molecule has 2 rings (SSSR count). The first-order chi connectivity index (χ1) is 9.70. The summed E-state index contributed by atoms with van der Waals surface area (Å²) in [6, 6.07) is 3.58. The van der Waals surface area contributed by atoms with Crippen LogP contribution in [0.1, 0.15) is 13.8 Å². The van der Waals surface area contributed by atoms with Crippen LogP contribution in [0.25, 0.3) is 11.6 Å². The number of hydrogen-bond acceptors (Lipinski definition) is 5. The molecule has 0 radical (unpaired) electrons. The molecule has 2 aromatic heterocycles. The third-order valence-corrected chi connectivity index (χ3v) is 2.83. The lowest BCUT2D eigenvalue weighted by Crippen LogP contribution is -2.32. The van der Waals surface area contributed by atoms with E-state index in [2.05, 4.69) is 9.97 Å². The minimum atomic E-state index is 0.0421. The van der Waals surface area contributed by atoms with Crippen LogP contribution in [-0.4, -0.2) is 40.5 Å². The predicted molar refractivity (Wildman–Crippen MR) is 73.2 cm³/mol. The molecule has 0 aromatic carbocycles. The minimum Gasteiger partial charge on any atom is -0.489 e. The first-order valence-electron chi connectivity index (χ1n) is 6.45. The van der Waals surface area contributed by atoms with Crippen molar-refractivity contribution in [1.29, 1.82) is 0 Å². The standard InChI is InChI=1S/C14H17N3O3/c1-3-17(11(2)18)6-8-19-12-9-15-14(16-10-12)13-5-4-7-20-13/h4-5,7,9-10H,3,6,8H2,1-2H3. The summed E-state index contributed by atoms with van der Waals surface area (Å²) in [6.45, 7) is 5.11. The Morgan fingerprint density at radius 2 is 2.15 bits per heavy atom. The van der Waals surface area contributed by atoms with Crippen molar-refractivity contribution < 1.29 is 13.9 Å². The lowest BCUT2D eigenvalue weighted by atomic mass is 10.4. The number of carbonyl (C=O) groups excluding carboxylic acids is 1. The fourth-order valence-corrected chi connectivity index (χ4v) is 1.74. The van der Waals surface area contributed by atoms with Crippen molar-refractivity contribution in [1.82, 2.24) is 14.9 Å². The van der Waals surface area contributed by atoms with Crippen molar-refractivity contribution in [2.45, 2.75) is 13.8 Å². The second-order valence-corrected chi connectivity index (χ2v) is 4.17. The summed E-state index contributed by atoms with van der Waals surface area (Å²) in [5.41, 5.74) is 0. The number of likely N-dealkylation sites (N-methyl/N-ethyl adjacent to an activating group) is 1. The van der Waals surface area contributed by atoms with E-state index >= 15 is 0 Å². The summed E-state index contributed by atoms with van der Waals surface area (Å²) < 4.78 is 10.7. The van der Waals surface area contributed by atoms with Gasteiger partial charge in [-0.15, -0.1) is 0 Å². The zero-order chi connectivity index (χ0) is 14.4. The first-order valence-corrected chi connectivity index (χ1v) is 6.45. The number of hydrogen-bond donors (Lipinski definition) is 0. The highest BCUT2D eigenvalue weighted by Gasteiger charge is 2.07. The number of aromatic nitrogens is 2. The van der Waals surface area contributed by atoms with E-state index in [9.17, 15) is 4.79 Å². The van der Waals surface area contributed by atoms with Crippen LogP contribution < -0.4 is 4.74 Å². The molecule has 0 N–H and O–H groups in total. The van der Waals surface area contributed by atoms with E-state index in [0.29, 0.717) is 37.0 Å². The molecule has 106 valence electrons.